The smallest absolute Gasteiger partial charge is 0.352 e. The summed E-state index contributed by atoms with van der Waals surface area (Å²) in [6, 6.07) is 7.09. The Morgan fingerprint density at radius 3 is 2.64 bits per heavy atom. The first-order chi connectivity index (χ1) is 11.7. The molecule has 2 heterocycles. The van der Waals surface area contributed by atoms with Crippen LogP contribution in [0.5, 0.6) is 0 Å². The Hall–Kier alpha value is -2.25. The third-order valence-corrected chi connectivity index (χ3v) is 5.40. The van der Waals surface area contributed by atoms with Crippen LogP contribution in [-0.4, -0.2) is 63.1 Å². The summed E-state index contributed by atoms with van der Waals surface area (Å²) in [5.74, 6) is -2.00. The Bertz CT molecular complexity index is 800. The zero-order chi connectivity index (χ0) is 18.5. The van der Waals surface area contributed by atoms with Crippen molar-refractivity contribution in [2.24, 2.45) is 5.92 Å². The molecular formula is C18H20N2O4S. The first-order valence-electron chi connectivity index (χ1n) is 8.03. The van der Waals surface area contributed by atoms with Crippen molar-refractivity contribution in [1.29, 1.82) is 0 Å². The van der Waals surface area contributed by atoms with Crippen LogP contribution in [-0.2, 0) is 9.59 Å². The molecule has 3 rings (SSSR count). The molecule has 1 amide bonds. The predicted octanol–water partition coefficient (Wildman–Crippen LogP) is 1.33. The van der Waals surface area contributed by atoms with Crippen LogP contribution in [0, 0.1) is 5.92 Å². The quantitative estimate of drug-likeness (QED) is 0.623. The van der Waals surface area contributed by atoms with Gasteiger partial charge in [-0.05, 0) is 30.5 Å². The average Bonchev–Trinajstić information content (AvgIpc) is 2.89. The lowest BCUT2D eigenvalue weighted by atomic mass is 9.82. The first-order valence-corrected chi connectivity index (χ1v) is 8.44. The topological polar surface area (TPSA) is 81.1 Å². The number of carbonyl (C=O) groups excluding carboxylic acids is 1. The van der Waals surface area contributed by atoms with Gasteiger partial charge in [-0.1, -0.05) is 30.4 Å². The van der Waals surface area contributed by atoms with E-state index in [1.165, 1.54) is 4.90 Å². The Morgan fingerprint density at radius 1 is 1.40 bits per heavy atom. The molecule has 2 N–H and O–H groups in total. The lowest BCUT2D eigenvalue weighted by Gasteiger charge is -2.44. The number of carboxylic acids is 1. The van der Waals surface area contributed by atoms with Crippen molar-refractivity contribution in [2.45, 2.75) is 25.5 Å². The fourth-order valence-electron chi connectivity index (χ4n) is 3.63. The highest BCUT2D eigenvalue weighted by Gasteiger charge is 2.56. The van der Waals surface area contributed by atoms with E-state index < -0.39 is 18.0 Å². The molecule has 0 saturated carbocycles. The van der Waals surface area contributed by atoms with Crippen molar-refractivity contribution in [3.63, 3.8) is 0 Å². The van der Waals surface area contributed by atoms with Crippen molar-refractivity contribution in [1.82, 2.24) is 9.80 Å². The third-order valence-electron chi connectivity index (χ3n) is 4.80. The van der Waals surface area contributed by atoms with Crippen LogP contribution in [0.15, 0.2) is 30.0 Å². The van der Waals surface area contributed by atoms with Crippen molar-refractivity contribution in [3.05, 3.63) is 41.1 Å². The van der Waals surface area contributed by atoms with E-state index in [1.54, 1.807) is 6.92 Å². The van der Waals surface area contributed by atoms with E-state index in [2.05, 4.69) is 0 Å². The molecule has 2 unspecified atom stereocenters. The second-order valence-electron chi connectivity index (χ2n) is 6.66. The summed E-state index contributed by atoms with van der Waals surface area (Å²) in [4.78, 5) is 27.8. The fraction of sp³-hybridized carbons (Fsp3) is 0.389. The van der Waals surface area contributed by atoms with Crippen LogP contribution < -0.4 is 0 Å². The highest BCUT2D eigenvalue weighted by atomic mass is 32.1. The maximum atomic E-state index is 12.3. The Kier molecular flexibility index (Phi) is 4.38. The number of carbonyl (C=O) groups is 2. The number of rotatable bonds is 4. The minimum atomic E-state index is -1.13. The number of hydrogen-bond donors (Lipinski definition) is 2. The van der Waals surface area contributed by atoms with Gasteiger partial charge in [0, 0.05) is 19.7 Å². The molecule has 0 bridgehead atoms. The van der Waals surface area contributed by atoms with Crippen LogP contribution >= 0.6 is 12.2 Å². The highest BCUT2D eigenvalue weighted by Crippen LogP contribution is 2.46. The number of thiocarbonyl (C=S) groups is 1. The molecule has 0 spiro atoms. The van der Waals surface area contributed by atoms with E-state index in [-0.39, 0.29) is 17.6 Å². The Balaban J connectivity index is 2.02. The molecular weight excluding hydrogens is 340 g/mol. The highest BCUT2D eigenvalue weighted by molar-refractivity contribution is 7.80. The summed E-state index contributed by atoms with van der Waals surface area (Å²) in [5, 5.41) is 19.4. The van der Waals surface area contributed by atoms with Gasteiger partial charge in [-0.15, -0.1) is 0 Å². The van der Waals surface area contributed by atoms with Gasteiger partial charge in [0.25, 0.3) is 0 Å². The molecule has 1 saturated heterocycles. The van der Waals surface area contributed by atoms with Crippen LogP contribution in [0.3, 0.4) is 0 Å². The van der Waals surface area contributed by atoms with Crippen LogP contribution in [0.4, 0.5) is 0 Å². The molecule has 0 radical (unpaired) electrons. The van der Waals surface area contributed by atoms with Gasteiger partial charge in [0.2, 0.25) is 5.91 Å². The van der Waals surface area contributed by atoms with Gasteiger partial charge in [0.15, 0.2) is 0 Å². The number of nitrogens with zero attached hydrogens (tertiary/aromatic N) is 2. The average molecular weight is 360 g/mol. The normalized spacial score (nSPS) is 23.2. The van der Waals surface area contributed by atoms with Crippen molar-refractivity contribution >= 4 is 34.7 Å². The van der Waals surface area contributed by atoms with Gasteiger partial charge in [-0.25, -0.2) is 4.79 Å². The molecule has 2 aliphatic heterocycles. The van der Waals surface area contributed by atoms with E-state index >= 15 is 0 Å². The number of hydrogen-bond acceptors (Lipinski definition) is 4. The Morgan fingerprint density at radius 2 is 2.08 bits per heavy atom. The molecule has 0 aromatic heterocycles. The fourth-order valence-corrected chi connectivity index (χ4v) is 3.75. The summed E-state index contributed by atoms with van der Waals surface area (Å²) in [5.41, 5.74) is 2.19. The number of aliphatic carboxylic acids is 1. The monoisotopic (exact) mass is 360 g/mol. The van der Waals surface area contributed by atoms with Gasteiger partial charge in [0.1, 0.15) is 10.7 Å². The number of aliphatic hydroxyl groups is 1. The predicted molar refractivity (Wildman–Crippen MR) is 96.8 cm³/mol. The molecule has 0 aliphatic carbocycles. The maximum absolute atomic E-state index is 12.3. The van der Waals surface area contributed by atoms with Crippen LogP contribution in [0.25, 0.3) is 5.57 Å². The van der Waals surface area contributed by atoms with Gasteiger partial charge in [0.05, 0.1) is 18.1 Å². The zero-order valence-corrected chi connectivity index (χ0v) is 15.1. The first kappa shape index (κ1) is 17.6. The molecule has 25 heavy (non-hydrogen) atoms. The minimum Gasteiger partial charge on any atom is -0.477 e. The van der Waals surface area contributed by atoms with Gasteiger partial charge < -0.3 is 20.0 Å². The van der Waals surface area contributed by atoms with Crippen molar-refractivity contribution in [2.75, 3.05) is 14.1 Å². The van der Waals surface area contributed by atoms with Crippen LogP contribution in [0.1, 0.15) is 24.5 Å². The number of carboxylic acid groups (broad SMARTS) is 1. The number of amides is 1. The SMILES string of the molecule is C[C@@H](O)C1C(=O)N2C(C(=O)O)=C(c3cccc(C(=S)N(C)C)c3)CC12. The molecule has 6 nitrogen and oxygen atoms in total. The summed E-state index contributed by atoms with van der Waals surface area (Å²) >= 11 is 5.39. The van der Waals surface area contributed by atoms with E-state index in [0.717, 1.165) is 11.1 Å². The van der Waals surface area contributed by atoms with Crippen LogP contribution in [0.2, 0.25) is 0 Å². The molecule has 1 fully saturated rings. The molecule has 132 valence electrons. The van der Waals surface area contributed by atoms with Gasteiger partial charge in [-0.2, -0.15) is 0 Å². The number of fused-ring (bicyclic) bond motifs is 1. The standard InChI is InChI=1S/C18H20N2O4S/c1-9(21)14-13-8-12(15(18(23)24)20(13)16(14)22)10-5-4-6-11(7-10)17(25)19(2)3/h4-7,9,13-14,21H,8H2,1-3H3,(H,23,24)/t9-,13?,14?/m1/s1. The van der Waals surface area contributed by atoms with Crippen molar-refractivity contribution in [3.8, 4) is 0 Å². The summed E-state index contributed by atoms with van der Waals surface area (Å²) in [6.07, 6.45) is -0.378. The zero-order valence-electron chi connectivity index (χ0n) is 14.3. The molecule has 3 atom stereocenters. The van der Waals surface area contributed by atoms with Crippen molar-refractivity contribution < 1.29 is 19.8 Å². The summed E-state index contributed by atoms with van der Waals surface area (Å²) < 4.78 is 0. The molecule has 1 aromatic rings. The largest absolute Gasteiger partial charge is 0.477 e. The molecule has 2 aliphatic rings. The lowest BCUT2D eigenvalue weighted by molar-refractivity contribution is -0.161. The van der Waals surface area contributed by atoms with Gasteiger partial charge in [-0.3, -0.25) is 4.79 Å². The summed E-state index contributed by atoms with van der Waals surface area (Å²) in [7, 11) is 3.70. The second kappa shape index (κ2) is 6.24. The van der Waals surface area contributed by atoms with E-state index in [9.17, 15) is 19.8 Å². The lowest BCUT2D eigenvalue weighted by Crippen LogP contribution is -2.61. The number of β-lactam (4-membered cyclic amide) rings is 1. The summed E-state index contributed by atoms with van der Waals surface area (Å²) in [6.45, 7) is 1.56. The third kappa shape index (κ3) is 2.73. The number of benzene rings is 1. The van der Waals surface area contributed by atoms with E-state index in [0.29, 0.717) is 17.0 Å². The second-order valence-corrected chi connectivity index (χ2v) is 7.05. The van der Waals surface area contributed by atoms with Gasteiger partial charge >= 0.3 is 5.97 Å². The molecule has 1 aromatic carbocycles. The maximum Gasteiger partial charge on any atom is 0.352 e. The Labute approximate surface area is 151 Å². The van der Waals surface area contributed by atoms with E-state index in [1.807, 2.05) is 43.3 Å². The number of aliphatic hydroxyl groups excluding tert-OH is 1. The minimum absolute atomic E-state index is 0.0137. The van der Waals surface area contributed by atoms with E-state index in [4.69, 9.17) is 12.2 Å². The molecule has 7 heteroatoms.